The van der Waals surface area contributed by atoms with E-state index in [9.17, 15) is 10.1 Å². The highest BCUT2D eigenvalue weighted by Gasteiger charge is 2.23. The summed E-state index contributed by atoms with van der Waals surface area (Å²) in [5, 5.41) is 15.2. The molecule has 0 radical (unpaired) electrons. The molecule has 4 rings (SSSR count). The first-order valence-electron chi connectivity index (χ1n) is 9.95. The second-order valence-electron chi connectivity index (χ2n) is 7.56. The Morgan fingerprint density at radius 3 is 2.90 bits per heavy atom. The molecule has 0 saturated carbocycles. The molecule has 2 aromatic heterocycles. The molecule has 3 aromatic rings. The van der Waals surface area contributed by atoms with Gasteiger partial charge in [-0.15, -0.1) is 11.3 Å². The van der Waals surface area contributed by atoms with E-state index in [0.717, 1.165) is 36.2 Å². The molecule has 1 aromatic carbocycles. The highest BCUT2D eigenvalue weighted by molar-refractivity contribution is 8.00. The van der Waals surface area contributed by atoms with Crippen LogP contribution in [-0.2, 0) is 17.6 Å². The number of nitriles is 1. The second-order valence-corrected chi connectivity index (χ2v) is 9.75. The zero-order valence-corrected chi connectivity index (χ0v) is 18.5. The normalized spacial score (nSPS) is 16.4. The van der Waals surface area contributed by atoms with Crippen molar-refractivity contribution < 1.29 is 4.79 Å². The molecule has 0 aliphatic heterocycles. The van der Waals surface area contributed by atoms with Crippen molar-refractivity contribution in [3.63, 3.8) is 0 Å². The number of rotatable bonds is 5. The number of aryl methyl sites for hydroxylation is 1. The number of thioether (sulfide) groups is 1. The predicted octanol–water partition coefficient (Wildman–Crippen LogP) is 5.32. The predicted molar refractivity (Wildman–Crippen MR) is 122 cm³/mol. The Labute approximate surface area is 184 Å². The number of carbonyl (C=O) groups is 1. The molecule has 1 amide bonds. The number of nitrogens with one attached hydrogen (secondary N) is 1. The van der Waals surface area contributed by atoms with Crippen LogP contribution in [0.1, 0.15) is 37.1 Å². The number of hydrogen-bond donors (Lipinski definition) is 1. The summed E-state index contributed by atoms with van der Waals surface area (Å²) >= 11 is 2.73. The highest BCUT2D eigenvalue weighted by Crippen LogP contribution is 2.32. The van der Waals surface area contributed by atoms with Gasteiger partial charge in [0.1, 0.15) is 11.1 Å². The number of fused-ring (bicyclic) bond motifs is 1. The van der Waals surface area contributed by atoms with Crippen LogP contribution in [0, 0.1) is 17.2 Å². The van der Waals surface area contributed by atoms with Crippen LogP contribution in [0.5, 0.6) is 0 Å². The second kappa shape index (κ2) is 8.99. The number of amides is 1. The molecule has 5 nitrogen and oxygen atoms in total. The van der Waals surface area contributed by atoms with E-state index in [1.807, 2.05) is 48.7 Å². The van der Waals surface area contributed by atoms with E-state index in [1.54, 1.807) is 0 Å². The molecular weight excluding hydrogens is 412 g/mol. The lowest BCUT2D eigenvalue weighted by Gasteiger charge is -2.22. The van der Waals surface area contributed by atoms with Crippen molar-refractivity contribution in [1.82, 2.24) is 9.97 Å². The average Bonchev–Trinajstić information content (AvgIpc) is 3.22. The SMILES string of the molecule is CC1CCc2nc(SC(C)C(=O)Nc3nc(-c4ccccc4)cs3)c(C#N)cc2C1. The van der Waals surface area contributed by atoms with Crippen molar-refractivity contribution in [2.75, 3.05) is 5.32 Å². The Kier molecular flexibility index (Phi) is 6.16. The van der Waals surface area contributed by atoms with Crippen LogP contribution < -0.4 is 5.32 Å². The third kappa shape index (κ3) is 4.55. The fourth-order valence-electron chi connectivity index (χ4n) is 3.50. The zero-order chi connectivity index (χ0) is 21.1. The molecule has 0 fully saturated rings. The van der Waals surface area contributed by atoms with Crippen LogP contribution >= 0.6 is 23.1 Å². The van der Waals surface area contributed by atoms with Gasteiger partial charge in [0.2, 0.25) is 5.91 Å². The monoisotopic (exact) mass is 434 g/mol. The molecule has 152 valence electrons. The number of anilines is 1. The number of benzene rings is 1. The van der Waals surface area contributed by atoms with Gasteiger partial charge in [0.25, 0.3) is 0 Å². The summed E-state index contributed by atoms with van der Waals surface area (Å²) in [6.07, 6.45) is 3.00. The van der Waals surface area contributed by atoms with Crippen LogP contribution in [-0.4, -0.2) is 21.1 Å². The smallest absolute Gasteiger partial charge is 0.239 e. The first-order valence-corrected chi connectivity index (χ1v) is 11.7. The molecule has 0 spiro atoms. The Bertz CT molecular complexity index is 1100. The summed E-state index contributed by atoms with van der Waals surface area (Å²) in [6, 6.07) is 14.1. The van der Waals surface area contributed by atoms with Gasteiger partial charge in [0.05, 0.1) is 16.5 Å². The van der Waals surface area contributed by atoms with Gasteiger partial charge >= 0.3 is 0 Å². The van der Waals surface area contributed by atoms with Gasteiger partial charge in [0, 0.05) is 16.6 Å². The van der Waals surface area contributed by atoms with E-state index >= 15 is 0 Å². The Morgan fingerprint density at radius 1 is 1.33 bits per heavy atom. The summed E-state index contributed by atoms with van der Waals surface area (Å²) < 4.78 is 0. The lowest BCUT2D eigenvalue weighted by molar-refractivity contribution is -0.115. The number of carbonyl (C=O) groups excluding carboxylic acids is 1. The van der Waals surface area contributed by atoms with Crippen molar-refractivity contribution in [3.8, 4) is 17.3 Å². The van der Waals surface area contributed by atoms with E-state index in [4.69, 9.17) is 4.98 Å². The van der Waals surface area contributed by atoms with Gasteiger partial charge in [-0.2, -0.15) is 5.26 Å². The minimum Gasteiger partial charge on any atom is -0.301 e. The highest BCUT2D eigenvalue weighted by atomic mass is 32.2. The van der Waals surface area contributed by atoms with Crippen LogP contribution in [0.4, 0.5) is 5.13 Å². The molecule has 2 heterocycles. The number of aromatic nitrogens is 2. The molecule has 30 heavy (non-hydrogen) atoms. The number of pyridine rings is 1. The van der Waals surface area contributed by atoms with Gasteiger partial charge in [-0.1, -0.05) is 49.0 Å². The van der Waals surface area contributed by atoms with Crippen molar-refractivity contribution in [2.24, 2.45) is 5.92 Å². The fraction of sp³-hybridized carbons (Fsp3) is 0.304. The molecule has 1 N–H and O–H groups in total. The third-order valence-electron chi connectivity index (χ3n) is 5.18. The van der Waals surface area contributed by atoms with Crippen molar-refractivity contribution in [3.05, 3.63) is 58.6 Å². The van der Waals surface area contributed by atoms with Gasteiger partial charge in [-0.3, -0.25) is 4.79 Å². The summed E-state index contributed by atoms with van der Waals surface area (Å²) in [4.78, 5) is 22.0. The van der Waals surface area contributed by atoms with Crippen molar-refractivity contribution >= 4 is 34.1 Å². The van der Waals surface area contributed by atoms with Crippen LogP contribution in [0.25, 0.3) is 11.3 Å². The topological polar surface area (TPSA) is 78.7 Å². The first kappa shape index (κ1) is 20.6. The van der Waals surface area contributed by atoms with Gasteiger partial charge in [0.15, 0.2) is 5.13 Å². The number of hydrogen-bond acceptors (Lipinski definition) is 6. The molecule has 1 aliphatic carbocycles. The van der Waals surface area contributed by atoms with Gasteiger partial charge in [-0.25, -0.2) is 9.97 Å². The van der Waals surface area contributed by atoms with E-state index in [0.29, 0.717) is 21.6 Å². The van der Waals surface area contributed by atoms with Crippen molar-refractivity contribution in [1.29, 1.82) is 5.26 Å². The maximum atomic E-state index is 12.7. The summed E-state index contributed by atoms with van der Waals surface area (Å²) in [6.45, 7) is 4.06. The Hall–Kier alpha value is -2.69. The molecule has 0 saturated heterocycles. The Morgan fingerprint density at radius 2 is 2.13 bits per heavy atom. The van der Waals surface area contributed by atoms with Crippen LogP contribution in [0.15, 0.2) is 46.8 Å². The number of nitrogens with zero attached hydrogens (tertiary/aromatic N) is 3. The minimum atomic E-state index is -0.394. The Balaban J connectivity index is 1.45. The molecule has 2 unspecified atom stereocenters. The largest absolute Gasteiger partial charge is 0.301 e. The zero-order valence-electron chi connectivity index (χ0n) is 16.9. The fourth-order valence-corrected chi connectivity index (χ4v) is 5.12. The van der Waals surface area contributed by atoms with Crippen molar-refractivity contribution in [2.45, 2.75) is 43.4 Å². The van der Waals surface area contributed by atoms with Gasteiger partial charge < -0.3 is 5.32 Å². The van der Waals surface area contributed by atoms with E-state index in [-0.39, 0.29) is 5.91 Å². The number of thiazole rings is 1. The maximum absolute atomic E-state index is 12.7. The van der Waals surface area contributed by atoms with Crippen LogP contribution in [0.2, 0.25) is 0 Å². The lowest BCUT2D eigenvalue weighted by atomic mass is 9.87. The molecule has 2 atom stereocenters. The standard InChI is InChI=1S/C23H22N4OS2/c1-14-8-9-19-17(10-14)11-18(12-24)22(25-19)30-15(2)21(28)27-23-26-20(13-29-23)16-6-4-3-5-7-16/h3-7,11,13-15H,8-10H2,1-2H3,(H,26,27,28). The summed E-state index contributed by atoms with van der Waals surface area (Å²) in [7, 11) is 0. The van der Waals surface area contributed by atoms with E-state index < -0.39 is 5.25 Å². The average molecular weight is 435 g/mol. The lowest BCUT2D eigenvalue weighted by Crippen LogP contribution is -2.23. The molecular formula is C23H22N4OS2. The van der Waals surface area contributed by atoms with E-state index in [1.165, 1.54) is 28.7 Å². The van der Waals surface area contributed by atoms with Gasteiger partial charge in [-0.05, 0) is 43.7 Å². The van der Waals surface area contributed by atoms with E-state index in [2.05, 4.69) is 23.3 Å². The first-order chi connectivity index (χ1) is 14.5. The third-order valence-corrected chi connectivity index (χ3v) is 7.04. The quantitative estimate of drug-likeness (QED) is 0.550. The molecule has 0 bridgehead atoms. The van der Waals surface area contributed by atoms with Crippen LogP contribution in [0.3, 0.4) is 0 Å². The summed E-state index contributed by atoms with van der Waals surface area (Å²) in [5.41, 5.74) is 4.64. The minimum absolute atomic E-state index is 0.147. The maximum Gasteiger partial charge on any atom is 0.239 e. The summed E-state index contributed by atoms with van der Waals surface area (Å²) in [5.74, 6) is 0.471. The molecule has 7 heteroatoms. The molecule has 1 aliphatic rings.